The highest BCUT2D eigenvalue weighted by Gasteiger charge is 2.37. The number of piperazine rings is 1. The second-order valence-electron chi connectivity index (χ2n) is 7.05. The molecule has 2 heterocycles. The Morgan fingerprint density at radius 1 is 1.00 bits per heavy atom. The molecule has 1 saturated heterocycles. The van der Waals surface area contributed by atoms with Gasteiger partial charge in [0.2, 0.25) is 5.91 Å². The highest BCUT2D eigenvalue weighted by atomic mass is 32.2. The van der Waals surface area contributed by atoms with Gasteiger partial charge in [-0.25, -0.2) is 8.42 Å². The molecule has 1 aromatic heterocycles. The van der Waals surface area contributed by atoms with E-state index in [1.54, 1.807) is 11.0 Å². The van der Waals surface area contributed by atoms with Gasteiger partial charge in [0.25, 0.3) is 10.0 Å². The van der Waals surface area contributed by atoms with E-state index in [-0.39, 0.29) is 5.91 Å². The van der Waals surface area contributed by atoms with E-state index in [0.29, 0.717) is 30.4 Å². The molecule has 0 atom stereocenters. The fourth-order valence-electron chi connectivity index (χ4n) is 3.18. The number of hydrogen-bond acceptors (Lipinski definition) is 4. The number of carbonyl (C=O) groups excluding carboxylic acids is 1. The second-order valence-corrected chi connectivity index (χ2v) is 10.5. The van der Waals surface area contributed by atoms with Gasteiger partial charge in [-0.3, -0.25) is 4.79 Å². The van der Waals surface area contributed by atoms with Crippen LogP contribution in [0.25, 0.3) is 0 Å². The van der Waals surface area contributed by atoms with Gasteiger partial charge in [0.05, 0.1) is 5.41 Å². The van der Waals surface area contributed by atoms with Crippen LogP contribution < -0.4 is 0 Å². The Morgan fingerprint density at radius 3 is 2.15 bits per heavy atom. The largest absolute Gasteiger partial charge is 0.339 e. The zero-order valence-electron chi connectivity index (χ0n) is 15.3. The molecule has 2 aromatic rings. The second kappa shape index (κ2) is 7.13. The molecular formula is C19H24N2O3S2. The molecule has 1 fully saturated rings. The molecule has 1 amide bonds. The molecule has 3 rings (SSSR count). The molecule has 7 heteroatoms. The van der Waals surface area contributed by atoms with Crippen LogP contribution in [0.5, 0.6) is 0 Å². The SMILES string of the molecule is Cc1ccc(S(=O)(=O)N2CCN(C(=O)C(C)(C)c3ccccc3)CC2)s1. The number of hydrogen-bond donors (Lipinski definition) is 0. The molecule has 0 spiro atoms. The fraction of sp³-hybridized carbons (Fsp3) is 0.421. The molecule has 0 aliphatic carbocycles. The summed E-state index contributed by atoms with van der Waals surface area (Å²) >= 11 is 1.29. The number of benzene rings is 1. The Balaban J connectivity index is 1.69. The monoisotopic (exact) mass is 392 g/mol. The van der Waals surface area contributed by atoms with Gasteiger partial charge in [-0.05, 0) is 38.5 Å². The van der Waals surface area contributed by atoms with Gasteiger partial charge in [-0.15, -0.1) is 11.3 Å². The Labute approximate surface area is 159 Å². The van der Waals surface area contributed by atoms with Crippen molar-refractivity contribution in [1.29, 1.82) is 0 Å². The van der Waals surface area contributed by atoms with Crippen molar-refractivity contribution >= 4 is 27.3 Å². The van der Waals surface area contributed by atoms with E-state index in [9.17, 15) is 13.2 Å². The third-order valence-corrected chi connectivity index (χ3v) is 8.23. The topological polar surface area (TPSA) is 57.7 Å². The van der Waals surface area contributed by atoms with Gasteiger partial charge in [0.15, 0.2) is 0 Å². The van der Waals surface area contributed by atoms with Gasteiger partial charge in [-0.1, -0.05) is 30.3 Å². The van der Waals surface area contributed by atoms with Crippen LogP contribution in [0.3, 0.4) is 0 Å². The lowest BCUT2D eigenvalue weighted by molar-refractivity contribution is -0.137. The maximum absolute atomic E-state index is 13.0. The highest BCUT2D eigenvalue weighted by molar-refractivity contribution is 7.91. The first-order chi connectivity index (χ1) is 12.2. The van der Waals surface area contributed by atoms with Crippen molar-refractivity contribution in [1.82, 2.24) is 9.21 Å². The lowest BCUT2D eigenvalue weighted by Crippen LogP contribution is -2.54. The highest BCUT2D eigenvalue weighted by Crippen LogP contribution is 2.28. The molecule has 0 radical (unpaired) electrons. The molecule has 0 N–H and O–H groups in total. The molecule has 1 aliphatic rings. The standard InChI is InChI=1S/C19H24N2O3S2/c1-15-9-10-17(25-15)26(23,24)21-13-11-20(12-14-21)18(22)19(2,3)16-7-5-4-6-8-16/h4-10H,11-14H2,1-3H3. The van der Waals surface area contributed by atoms with E-state index in [1.807, 2.05) is 57.2 Å². The third-order valence-electron chi connectivity index (χ3n) is 4.87. The van der Waals surface area contributed by atoms with Crippen LogP contribution in [0.4, 0.5) is 0 Å². The first kappa shape index (κ1) is 19.1. The first-order valence-corrected chi connectivity index (χ1v) is 10.9. The molecule has 0 unspecified atom stereocenters. The van der Waals surface area contributed by atoms with Gasteiger partial charge >= 0.3 is 0 Å². The summed E-state index contributed by atoms with van der Waals surface area (Å²) < 4.78 is 27.3. The van der Waals surface area contributed by atoms with Crippen molar-refractivity contribution in [2.24, 2.45) is 0 Å². The van der Waals surface area contributed by atoms with Crippen molar-refractivity contribution < 1.29 is 13.2 Å². The summed E-state index contributed by atoms with van der Waals surface area (Å²) in [6.07, 6.45) is 0. The molecule has 0 saturated carbocycles. The van der Waals surface area contributed by atoms with Crippen LogP contribution in [0.15, 0.2) is 46.7 Å². The Kier molecular flexibility index (Phi) is 5.23. The summed E-state index contributed by atoms with van der Waals surface area (Å²) in [4.78, 5) is 15.8. The smallest absolute Gasteiger partial charge is 0.252 e. The fourth-order valence-corrected chi connectivity index (χ4v) is 6.04. The van der Waals surface area contributed by atoms with Crippen molar-refractivity contribution in [3.05, 3.63) is 52.9 Å². The van der Waals surface area contributed by atoms with Crippen molar-refractivity contribution in [2.45, 2.75) is 30.4 Å². The number of aryl methyl sites for hydroxylation is 1. The maximum atomic E-state index is 13.0. The molecule has 0 bridgehead atoms. The Bertz CT molecular complexity index is 881. The van der Waals surface area contributed by atoms with E-state index < -0.39 is 15.4 Å². The summed E-state index contributed by atoms with van der Waals surface area (Å²) in [5, 5.41) is 0. The summed E-state index contributed by atoms with van der Waals surface area (Å²) in [7, 11) is -3.46. The van der Waals surface area contributed by atoms with Crippen LogP contribution >= 0.6 is 11.3 Å². The molecular weight excluding hydrogens is 368 g/mol. The summed E-state index contributed by atoms with van der Waals surface area (Å²) in [5.74, 6) is 0.0349. The Hall–Kier alpha value is -1.70. The molecule has 140 valence electrons. The van der Waals surface area contributed by atoms with Crippen LogP contribution in [-0.4, -0.2) is 49.7 Å². The minimum absolute atomic E-state index is 0.0349. The lowest BCUT2D eigenvalue weighted by atomic mass is 9.83. The van der Waals surface area contributed by atoms with Crippen molar-refractivity contribution in [3.63, 3.8) is 0 Å². The number of sulfonamides is 1. The number of nitrogens with zero attached hydrogens (tertiary/aromatic N) is 2. The summed E-state index contributed by atoms with van der Waals surface area (Å²) in [6, 6.07) is 13.2. The predicted molar refractivity (Wildman–Crippen MR) is 104 cm³/mol. The van der Waals surface area contributed by atoms with E-state index >= 15 is 0 Å². The van der Waals surface area contributed by atoms with Crippen LogP contribution in [0, 0.1) is 6.92 Å². The summed E-state index contributed by atoms with van der Waals surface area (Å²) in [6.45, 7) is 7.22. The Morgan fingerprint density at radius 2 is 1.62 bits per heavy atom. The van der Waals surface area contributed by atoms with E-state index in [4.69, 9.17) is 0 Å². The molecule has 5 nitrogen and oxygen atoms in total. The number of rotatable bonds is 4. The van der Waals surface area contributed by atoms with E-state index in [2.05, 4.69) is 0 Å². The van der Waals surface area contributed by atoms with E-state index in [1.165, 1.54) is 15.6 Å². The van der Waals surface area contributed by atoms with Gasteiger partial charge < -0.3 is 4.90 Å². The zero-order chi connectivity index (χ0) is 18.9. The van der Waals surface area contributed by atoms with Crippen LogP contribution in [0.2, 0.25) is 0 Å². The first-order valence-electron chi connectivity index (χ1n) is 8.64. The minimum atomic E-state index is -3.46. The van der Waals surface area contributed by atoms with Gasteiger partial charge in [0.1, 0.15) is 4.21 Å². The van der Waals surface area contributed by atoms with Crippen LogP contribution in [0.1, 0.15) is 24.3 Å². The van der Waals surface area contributed by atoms with Gasteiger partial charge in [-0.2, -0.15) is 4.31 Å². The van der Waals surface area contributed by atoms with Crippen LogP contribution in [-0.2, 0) is 20.2 Å². The number of amides is 1. The molecule has 1 aliphatic heterocycles. The normalized spacial score (nSPS) is 16.7. The minimum Gasteiger partial charge on any atom is -0.339 e. The zero-order valence-corrected chi connectivity index (χ0v) is 16.9. The van der Waals surface area contributed by atoms with E-state index in [0.717, 1.165) is 10.4 Å². The average Bonchev–Trinajstić information content (AvgIpc) is 3.09. The average molecular weight is 393 g/mol. The molecule has 1 aromatic carbocycles. The third kappa shape index (κ3) is 3.56. The number of thiophene rings is 1. The van der Waals surface area contributed by atoms with Gasteiger partial charge in [0, 0.05) is 31.1 Å². The molecule has 26 heavy (non-hydrogen) atoms. The summed E-state index contributed by atoms with van der Waals surface area (Å²) in [5.41, 5.74) is 0.335. The lowest BCUT2D eigenvalue weighted by Gasteiger charge is -2.38. The predicted octanol–water partition coefficient (Wildman–Crippen LogP) is 2.87. The number of carbonyl (C=O) groups is 1. The van der Waals surface area contributed by atoms with Crippen molar-refractivity contribution in [3.8, 4) is 0 Å². The van der Waals surface area contributed by atoms with Crippen molar-refractivity contribution in [2.75, 3.05) is 26.2 Å². The maximum Gasteiger partial charge on any atom is 0.252 e. The quantitative estimate of drug-likeness (QED) is 0.804.